The summed E-state index contributed by atoms with van der Waals surface area (Å²) in [5, 5.41) is 11.3. The zero-order chi connectivity index (χ0) is 11.3. The highest BCUT2D eigenvalue weighted by molar-refractivity contribution is 4.87. The Labute approximate surface area is 88.5 Å². The maximum atomic E-state index is 5.71. The molecule has 15 heavy (non-hydrogen) atoms. The molecular formula is C8H17N5O2. The number of tetrazole rings is 1. The zero-order valence-corrected chi connectivity index (χ0v) is 9.25. The Balaban J connectivity index is 2.65. The van der Waals surface area contributed by atoms with Crippen LogP contribution in [0.3, 0.4) is 0 Å². The molecule has 1 rings (SSSR count). The number of hydrogen-bond donors (Lipinski definition) is 1. The maximum absolute atomic E-state index is 5.71. The number of nitrogens with zero attached hydrogens (tertiary/aromatic N) is 4. The van der Waals surface area contributed by atoms with Gasteiger partial charge in [-0.2, -0.15) is 0 Å². The highest BCUT2D eigenvalue weighted by atomic mass is 16.5. The molecule has 7 heteroatoms. The Morgan fingerprint density at radius 2 is 2.20 bits per heavy atom. The second-order valence-electron chi connectivity index (χ2n) is 3.32. The van der Waals surface area contributed by atoms with Crippen LogP contribution in [0.4, 0.5) is 0 Å². The maximum Gasteiger partial charge on any atom is 0.167 e. The summed E-state index contributed by atoms with van der Waals surface area (Å²) >= 11 is 0. The minimum Gasteiger partial charge on any atom is -0.382 e. The molecule has 0 aromatic carbocycles. The Hall–Kier alpha value is -1.05. The van der Waals surface area contributed by atoms with E-state index in [0.29, 0.717) is 19.0 Å². The molecule has 0 amide bonds. The molecule has 1 aromatic heterocycles. The van der Waals surface area contributed by atoms with Crippen molar-refractivity contribution >= 4 is 0 Å². The summed E-state index contributed by atoms with van der Waals surface area (Å²) in [6.45, 7) is 2.86. The molecule has 1 heterocycles. The van der Waals surface area contributed by atoms with Crippen LogP contribution in [0.5, 0.6) is 0 Å². The van der Waals surface area contributed by atoms with Gasteiger partial charge >= 0.3 is 0 Å². The van der Waals surface area contributed by atoms with E-state index in [4.69, 9.17) is 15.2 Å². The van der Waals surface area contributed by atoms with Crippen molar-refractivity contribution in [2.45, 2.75) is 25.6 Å². The first-order valence-corrected chi connectivity index (χ1v) is 4.72. The molecule has 0 bridgehead atoms. The lowest BCUT2D eigenvalue weighted by Crippen LogP contribution is -2.27. The van der Waals surface area contributed by atoms with Crippen molar-refractivity contribution in [3.63, 3.8) is 0 Å². The minimum absolute atomic E-state index is 0.0731. The van der Waals surface area contributed by atoms with E-state index in [0.717, 1.165) is 0 Å². The first-order chi connectivity index (χ1) is 7.19. The second-order valence-corrected chi connectivity index (χ2v) is 3.32. The highest BCUT2D eigenvalue weighted by Gasteiger charge is 2.15. The Morgan fingerprint density at radius 3 is 2.73 bits per heavy atom. The molecule has 2 N–H and O–H groups in total. The van der Waals surface area contributed by atoms with Crippen molar-refractivity contribution in [2.24, 2.45) is 5.73 Å². The third-order valence-corrected chi connectivity index (χ3v) is 2.03. The molecule has 0 saturated heterocycles. The topological polar surface area (TPSA) is 88.1 Å². The fourth-order valence-electron chi connectivity index (χ4n) is 1.24. The number of hydrogen-bond acceptors (Lipinski definition) is 6. The summed E-state index contributed by atoms with van der Waals surface area (Å²) in [4.78, 5) is 0. The van der Waals surface area contributed by atoms with E-state index in [2.05, 4.69) is 15.5 Å². The lowest BCUT2D eigenvalue weighted by molar-refractivity contribution is 0.0154. The van der Waals surface area contributed by atoms with Gasteiger partial charge < -0.3 is 15.2 Å². The van der Waals surface area contributed by atoms with Crippen molar-refractivity contribution in [3.05, 3.63) is 5.82 Å². The summed E-state index contributed by atoms with van der Waals surface area (Å²) in [6, 6.07) is -0.194. The third kappa shape index (κ3) is 3.22. The van der Waals surface area contributed by atoms with Crippen LogP contribution in [-0.2, 0) is 16.0 Å². The first-order valence-electron chi connectivity index (χ1n) is 4.72. The van der Waals surface area contributed by atoms with Gasteiger partial charge in [-0.05, 0) is 17.4 Å². The van der Waals surface area contributed by atoms with Crippen LogP contribution in [0, 0.1) is 0 Å². The number of methoxy groups -OCH3 is 2. The van der Waals surface area contributed by atoms with Crippen LogP contribution >= 0.6 is 0 Å². The standard InChI is InChI=1S/C8H17N5O2/c1-6(9)8-10-11-12-13(8)4-7(15-3)5-14-2/h6-7H,4-5,9H2,1-3H3. The third-order valence-electron chi connectivity index (χ3n) is 2.03. The molecule has 0 radical (unpaired) electrons. The summed E-state index contributed by atoms with van der Waals surface area (Å²) in [7, 11) is 3.25. The fraction of sp³-hybridized carbons (Fsp3) is 0.875. The predicted octanol–water partition coefficient (Wildman–Crippen LogP) is -0.646. The van der Waals surface area contributed by atoms with Crippen LogP contribution in [0.1, 0.15) is 18.8 Å². The SMILES string of the molecule is COCC(Cn1nnnc1C(C)N)OC. The van der Waals surface area contributed by atoms with Gasteiger partial charge in [0.15, 0.2) is 5.82 Å². The van der Waals surface area contributed by atoms with E-state index in [1.165, 1.54) is 0 Å². The van der Waals surface area contributed by atoms with Gasteiger partial charge in [-0.3, -0.25) is 0 Å². The van der Waals surface area contributed by atoms with E-state index in [-0.39, 0.29) is 12.1 Å². The lowest BCUT2D eigenvalue weighted by Gasteiger charge is -2.15. The monoisotopic (exact) mass is 215 g/mol. The predicted molar refractivity (Wildman–Crippen MR) is 53.1 cm³/mol. The van der Waals surface area contributed by atoms with E-state index in [9.17, 15) is 0 Å². The molecule has 2 unspecified atom stereocenters. The molecule has 2 atom stereocenters. The zero-order valence-electron chi connectivity index (χ0n) is 9.25. The molecule has 0 aliphatic heterocycles. The van der Waals surface area contributed by atoms with E-state index >= 15 is 0 Å². The van der Waals surface area contributed by atoms with E-state index < -0.39 is 0 Å². The minimum atomic E-state index is -0.194. The van der Waals surface area contributed by atoms with Crippen molar-refractivity contribution < 1.29 is 9.47 Å². The summed E-state index contributed by atoms with van der Waals surface area (Å²) < 4.78 is 11.9. The van der Waals surface area contributed by atoms with Crippen molar-refractivity contribution in [1.82, 2.24) is 20.2 Å². The normalized spacial score (nSPS) is 15.2. The van der Waals surface area contributed by atoms with Gasteiger partial charge in [-0.25, -0.2) is 4.68 Å². The fourth-order valence-corrected chi connectivity index (χ4v) is 1.24. The number of rotatable bonds is 6. The first kappa shape index (κ1) is 12.0. The summed E-state index contributed by atoms with van der Waals surface area (Å²) in [5.74, 6) is 0.646. The van der Waals surface area contributed by atoms with Crippen molar-refractivity contribution in [2.75, 3.05) is 20.8 Å². The smallest absolute Gasteiger partial charge is 0.167 e. The van der Waals surface area contributed by atoms with Gasteiger partial charge in [0.05, 0.1) is 19.2 Å². The van der Waals surface area contributed by atoms with Crippen LogP contribution in [0.2, 0.25) is 0 Å². The molecule has 86 valence electrons. The average Bonchev–Trinajstić information content (AvgIpc) is 2.65. The van der Waals surface area contributed by atoms with Crippen molar-refractivity contribution in [3.8, 4) is 0 Å². The van der Waals surface area contributed by atoms with E-state index in [1.54, 1.807) is 18.9 Å². The Kier molecular flexibility index (Phi) is 4.60. The molecule has 0 aliphatic rings. The molecule has 0 fully saturated rings. The number of nitrogens with two attached hydrogens (primary N) is 1. The van der Waals surface area contributed by atoms with Gasteiger partial charge in [0, 0.05) is 14.2 Å². The largest absolute Gasteiger partial charge is 0.382 e. The molecule has 7 nitrogen and oxygen atoms in total. The van der Waals surface area contributed by atoms with Gasteiger partial charge in [-0.15, -0.1) is 5.10 Å². The van der Waals surface area contributed by atoms with Crippen molar-refractivity contribution in [1.29, 1.82) is 0 Å². The van der Waals surface area contributed by atoms with Crippen LogP contribution < -0.4 is 5.73 Å². The molecule has 1 aromatic rings. The van der Waals surface area contributed by atoms with E-state index in [1.807, 2.05) is 6.92 Å². The average molecular weight is 215 g/mol. The van der Waals surface area contributed by atoms with Gasteiger partial charge in [0.25, 0.3) is 0 Å². The van der Waals surface area contributed by atoms with Crippen LogP contribution in [0.15, 0.2) is 0 Å². The number of aromatic nitrogens is 4. The van der Waals surface area contributed by atoms with Crippen LogP contribution in [0.25, 0.3) is 0 Å². The van der Waals surface area contributed by atoms with Gasteiger partial charge in [-0.1, -0.05) is 0 Å². The van der Waals surface area contributed by atoms with Crippen LogP contribution in [-0.4, -0.2) is 47.1 Å². The quantitative estimate of drug-likeness (QED) is 0.678. The summed E-state index contributed by atoms with van der Waals surface area (Å²) in [5.41, 5.74) is 5.71. The Bertz CT molecular complexity index is 288. The number of ether oxygens (including phenoxy) is 2. The Morgan fingerprint density at radius 1 is 1.47 bits per heavy atom. The van der Waals surface area contributed by atoms with Gasteiger partial charge in [0.1, 0.15) is 6.10 Å². The molecule has 0 aliphatic carbocycles. The second kappa shape index (κ2) is 5.74. The van der Waals surface area contributed by atoms with Gasteiger partial charge in [0.2, 0.25) is 0 Å². The summed E-state index contributed by atoms with van der Waals surface area (Å²) in [6.07, 6.45) is -0.0731. The molecule has 0 spiro atoms. The molecule has 0 saturated carbocycles. The lowest BCUT2D eigenvalue weighted by atomic mass is 10.3. The highest BCUT2D eigenvalue weighted by Crippen LogP contribution is 2.05. The molecular weight excluding hydrogens is 198 g/mol.